The summed E-state index contributed by atoms with van der Waals surface area (Å²) < 4.78 is 1.35. The van der Waals surface area contributed by atoms with E-state index in [1.54, 1.807) is 11.3 Å². The van der Waals surface area contributed by atoms with Crippen LogP contribution in [0.2, 0.25) is 0 Å². The number of nitrogens with zero attached hydrogens (tertiary/aromatic N) is 1. The van der Waals surface area contributed by atoms with Gasteiger partial charge in [0.1, 0.15) is 5.82 Å². The monoisotopic (exact) mass is 236 g/mol. The van der Waals surface area contributed by atoms with Crippen molar-refractivity contribution in [1.82, 2.24) is 4.98 Å². The van der Waals surface area contributed by atoms with E-state index in [4.69, 9.17) is 0 Å². The molecular formula is C11H12N2S2. The van der Waals surface area contributed by atoms with Crippen molar-refractivity contribution < 1.29 is 0 Å². The summed E-state index contributed by atoms with van der Waals surface area (Å²) in [6, 6.07) is 8.31. The minimum absolute atomic E-state index is 0.963. The fraction of sp³-hybridized carbons (Fsp3) is 0.182. The first-order valence-electron chi connectivity index (χ1n) is 4.68. The fourth-order valence-corrected chi connectivity index (χ4v) is 3.04. The zero-order valence-electron chi connectivity index (χ0n) is 8.43. The summed E-state index contributed by atoms with van der Waals surface area (Å²) in [6.45, 7) is 0. The number of rotatable bonds is 4. The molecule has 0 amide bonds. The molecule has 1 N–H and O–H groups in total. The first-order chi connectivity index (χ1) is 7.40. The quantitative estimate of drug-likeness (QED) is 0.823. The average Bonchev–Trinajstić information content (AvgIpc) is 2.79. The van der Waals surface area contributed by atoms with Crippen LogP contribution in [0.15, 0.2) is 40.1 Å². The molecule has 0 saturated heterocycles. The highest BCUT2D eigenvalue weighted by Crippen LogP contribution is 2.28. The number of pyridine rings is 1. The summed E-state index contributed by atoms with van der Waals surface area (Å²) >= 11 is 3.63. The highest BCUT2D eigenvalue weighted by atomic mass is 32.2. The third-order valence-corrected chi connectivity index (χ3v) is 4.17. The predicted molar refractivity (Wildman–Crippen MR) is 67.7 cm³/mol. The number of thioether (sulfide) groups is 1. The van der Waals surface area contributed by atoms with E-state index in [-0.39, 0.29) is 0 Å². The van der Waals surface area contributed by atoms with Crippen LogP contribution in [0.3, 0.4) is 0 Å². The molecule has 0 saturated carbocycles. The van der Waals surface area contributed by atoms with Crippen molar-refractivity contribution >= 4 is 28.9 Å². The molecule has 2 aromatic heterocycles. The molecule has 0 aromatic carbocycles. The van der Waals surface area contributed by atoms with Crippen LogP contribution in [0, 0.1) is 0 Å². The van der Waals surface area contributed by atoms with Gasteiger partial charge in [-0.25, -0.2) is 4.98 Å². The molecule has 2 rings (SSSR count). The van der Waals surface area contributed by atoms with E-state index in [2.05, 4.69) is 33.9 Å². The molecule has 0 aliphatic rings. The summed E-state index contributed by atoms with van der Waals surface area (Å²) in [6.07, 6.45) is 1.81. The summed E-state index contributed by atoms with van der Waals surface area (Å²) in [5.74, 6) is 1.94. The van der Waals surface area contributed by atoms with Crippen LogP contribution in [-0.2, 0) is 5.75 Å². The second-order valence-electron chi connectivity index (χ2n) is 2.98. The van der Waals surface area contributed by atoms with Gasteiger partial charge in [0.05, 0.1) is 4.21 Å². The Balaban J connectivity index is 2.04. The third kappa shape index (κ3) is 2.73. The lowest BCUT2D eigenvalue weighted by atomic mass is 10.3. The van der Waals surface area contributed by atoms with E-state index < -0.39 is 0 Å². The standard InChI is InChI=1S/C11H12N2S2/c1-12-11-9(4-2-6-13-11)8-15-10-5-3-7-14-10/h2-7H,8H2,1H3,(H,12,13). The Morgan fingerprint density at radius 3 is 3.07 bits per heavy atom. The van der Waals surface area contributed by atoms with Gasteiger partial charge < -0.3 is 5.32 Å². The summed E-state index contributed by atoms with van der Waals surface area (Å²) in [5.41, 5.74) is 1.25. The minimum atomic E-state index is 0.963. The Morgan fingerprint density at radius 1 is 1.40 bits per heavy atom. The van der Waals surface area contributed by atoms with E-state index in [0.717, 1.165) is 11.6 Å². The maximum Gasteiger partial charge on any atom is 0.129 e. The van der Waals surface area contributed by atoms with Gasteiger partial charge in [0, 0.05) is 24.6 Å². The molecule has 0 aliphatic carbocycles. The first kappa shape index (κ1) is 10.5. The van der Waals surface area contributed by atoms with E-state index >= 15 is 0 Å². The van der Waals surface area contributed by atoms with Crippen LogP contribution < -0.4 is 5.32 Å². The number of aromatic nitrogens is 1. The van der Waals surface area contributed by atoms with Crippen LogP contribution in [0.4, 0.5) is 5.82 Å². The van der Waals surface area contributed by atoms with Crippen molar-refractivity contribution in [3.8, 4) is 0 Å². The van der Waals surface area contributed by atoms with Crippen molar-refractivity contribution in [2.24, 2.45) is 0 Å². The topological polar surface area (TPSA) is 24.9 Å². The van der Waals surface area contributed by atoms with Gasteiger partial charge in [0.15, 0.2) is 0 Å². The normalized spacial score (nSPS) is 10.2. The zero-order chi connectivity index (χ0) is 10.5. The average molecular weight is 236 g/mol. The maximum atomic E-state index is 4.28. The van der Waals surface area contributed by atoms with Gasteiger partial charge in [0.25, 0.3) is 0 Å². The largest absolute Gasteiger partial charge is 0.373 e. The number of anilines is 1. The highest BCUT2D eigenvalue weighted by Gasteiger charge is 2.02. The molecule has 2 heterocycles. The Morgan fingerprint density at radius 2 is 2.33 bits per heavy atom. The molecule has 0 unspecified atom stereocenters. The van der Waals surface area contributed by atoms with Crippen LogP contribution in [0.25, 0.3) is 0 Å². The molecule has 0 fully saturated rings. The summed E-state index contributed by atoms with van der Waals surface area (Å²) in [5, 5.41) is 5.21. The lowest BCUT2D eigenvalue weighted by Crippen LogP contribution is -1.96. The third-order valence-electron chi connectivity index (χ3n) is 1.99. The van der Waals surface area contributed by atoms with E-state index in [1.807, 2.05) is 31.1 Å². The van der Waals surface area contributed by atoms with Crippen molar-refractivity contribution in [1.29, 1.82) is 0 Å². The molecule has 0 aliphatic heterocycles. The highest BCUT2D eigenvalue weighted by molar-refractivity contribution is 8.00. The predicted octanol–water partition coefficient (Wildman–Crippen LogP) is 3.48. The lowest BCUT2D eigenvalue weighted by molar-refractivity contribution is 1.22. The molecule has 0 atom stereocenters. The molecule has 0 radical (unpaired) electrons. The van der Waals surface area contributed by atoms with Gasteiger partial charge >= 0.3 is 0 Å². The van der Waals surface area contributed by atoms with Crippen LogP contribution >= 0.6 is 23.1 Å². The Bertz CT molecular complexity index is 412. The van der Waals surface area contributed by atoms with E-state index in [0.29, 0.717) is 0 Å². The van der Waals surface area contributed by atoms with Crippen LogP contribution in [0.1, 0.15) is 5.56 Å². The Labute approximate surface area is 97.8 Å². The second-order valence-corrected chi connectivity index (χ2v) is 5.21. The van der Waals surface area contributed by atoms with Gasteiger partial charge in [0.2, 0.25) is 0 Å². The minimum Gasteiger partial charge on any atom is -0.373 e. The molecule has 15 heavy (non-hydrogen) atoms. The van der Waals surface area contributed by atoms with Gasteiger partial charge in [-0.05, 0) is 17.5 Å². The Kier molecular flexibility index (Phi) is 3.64. The Hall–Kier alpha value is -1.00. The van der Waals surface area contributed by atoms with Crippen LogP contribution in [-0.4, -0.2) is 12.0 Å². The molecule has 0 spiro atoms. The SMILES string of the molecule is CNc1ncccc1CSc1cccs1. The van der Waals surface area contributed by atoms with Gasteiger partial charge in [-0.15, -0.1) is 23.1 Å². The maximum absolute atomic E-state index is 4.28. The van der Waals surface area contributed by atoms with Gasteiger partial charge in [-0.1, -0.05) is 12.1 Å². The van der Waals surface area contributed by atoms with E-state index in [9.17, 15) is 0 Å². The molecule has 78 valence electrons. The van der Waals surface area contributed by atoms with Gasteiger partial charge in [-0.3, -0.25) is 0 Å². The molecule has 4 heteroatoms. The fourth-order valence-electron chi connectivity index (χ4n) is 1.27. The zero-order valence-corrected chi connectivity index (χ0v) is 10.1. The van der Waals surface area contributed by atoms with Crippen molar-refractivity contribution in [2.45, 2.75) is 9.96 Å². The molecule has 2 aromatic rings. The first-order valence-corrected chi connectivity index (χ1v) is 6.54. The van der Waals surface area contributed by atoms with Crippen molar-refractivity contribution in [3.63, 3.8) is 0 Å². The molecular weight excluding hydrogens is 224 g/mol. The second kappa shape index (κ2) is 5.19. The number of nitrogens with one attached hydrogen (secondary N) is 1. The molecule has 2 nitrogen and oxygen atoms in total. The summed E-state index contributed by atoms with van der Waals surface area (Å²) in [7, 11) is 1.90. The number of hydrogen-bond donors (Lipinski definition) is 1. The number of thiophene rings is 1. The number of hydrogen-bond acceptors (Lipinski definition) is 4. The van der Waals surface area contributed by atoms with Crippen LogP contribution in [0.5, 0.6) is 0 Å². The van der Waals surface area contributed by atoms with Crippen molar-refractivity contribution in [2.75, 3.05) is 12.4 Å². The van der Waals surface area contributed by atoms with Gasteiger partial charge in [-0.2, -0.15) is 0 Å². The smallest absolute Gasteiger partial charge is 0.129 e. The lowest BCUT2D eigenvalue weighted by Gasteiger charge is -2.05. The summed E-state index contributed by atoms with van der Waals surface area (Å²) in [4.78, 5) is 4.28. The van der Waals surface area contributed by atoms with Crippen molar-refractivity contribution in [3.05, 3.63) is 41.4 Å². The van der Waals surface area contributed by atoms with E-state index in [1.165, 1.54) is 9.77 Å². The molecule has 0 bridgehead atoms.